The summed E-state index contributed by atoms with van der Waals surface area (Å²) in [4.78, 5) is 13.0. The molecule has 113 heavy (non-hydrogen) atoms. The number of aromatic amines is 1. The average molecular weight is 1530 g/mol. The number of benzene rings is 12. The SMILES string of the molecule is Cc1ccccc1-c1nnc(-c2cccc(-n3c4ccccc4c4cc5c6ccccc6n(-c6ccccn6)c5cc43)c2)n1-c1c(C(C)C)cccc1C(C)C.Cc1ccccc1-c1nnc(-c2cccc(Br)c2)n1-c1c(C(C)C)cccc1C(C)C.c1ccc(-n2c3ccccc3c3cc4c(cc32)[nH]c2ccccc24)nc1. The second kappa shape index (κ2) is 29.6. The van der Waals surface area contributed by atoms with Crippen LogP contribution in [0.15, 0.2) is 308 Å². The maximum atomic E-state index is 5.03. The van der Waals surface area contributed by atoms with Crippen molar-refractivity contribution in [3.05, 3.63) is 341 Å². The number of hydrogen-bond acceptors (Lipinski definition) is 6. The number of pyridine rings is 2. The first-order valence-corrected chi connectivity index (χ1v) is 39.8. The van der Waals surface area contributed by atoms with Crippen LogP contribution in [0.25, 0.3) is 161 Å². The molecule has 0 spiro atoms. The van der Waals surface area contributed by atoms with Gasteiger partial charge in [-0.25, -0.2) is 9.97 Å². The largest absolute Gasteiger partial charge is 0.354 e. The topological polar surface area (TPSA) is 118 Å². The Morgan fingerprint density at radius 3 is 1.14 bits per heavy atom. The molecular formula is C100H85BrN12. The molecule has 0 aliphatic carbocycles. The fourth-order valence-corrected chi connectivity index (χ4v) is 17.2. The number of nitrogens with zero attached hydrogens (tertiary/aromatic N) is 11. The van der Waals surface area contributed by atoms with Crippen molar-refractivity contribution in [1.29, 1.82) is 0 Å². The molecule has 0 saturated carbocycles. The highest BCUT2D eigenvalue weighted by Crippen LogP contribution is 2.45. The average Bonchev–Trinajstić information content (AvgIpc) is 1.57. The van der Waals surface area contributed by atoms with Crippen LogP contribution in [0.1, 0.15) is 112 Å². The van der Waals surface area contributed by atoms with Gasteiger partial charge in [-0.1, -0.05) is 265 Å². The van der Waals surface area contributed by atoms with Crippen LogP contribution in [0.3, 0.4) is 0 Å². The van der Waals surface area contributed by atoms with Crippen molar-refractivity contribution in [1.82, 2.24) is 58.2 Å². The number of H-pyrrole nitrogens is 1. The smallest absolute Gasteiger partial charge is 0.169 e. The highest BCUT2D eigenvalue weighted by Gasteiger charge is 2.29. The van der Waals surface area contributed by atoms with E-state index in [1.165, 1.54) is 98.8 Å². The lowest BCUT2D eigenvalue weighted by molar-refractivity contribution is 0.807. The summed E-state index contributed by atoms with van der Waals surface area (Å²) in [5.41, 5.74) is 24.3. The van der Waals surface area contributed by atoms with Crippen LogP contribution >= 0.6 is 15.9 Å². The Balaban J connectivity index is 0.000000131. The van der Waals surface area contributed by atoms with Gasteiger partial charge in [-0.15, -0.1) is 20.4 Å². The van der Waals surface area contributed by atoms with Gasteiger partial charge in [-0.05, 0) is 168 Å². The molecule has 0 fully saturated rings. The second-order valence-corrected chi connectivity index (χ2v) is 31.6. The first kappa shape index (κ1) is 71.5. The molecule has 0 saturated heterocycles. The van der Waals surface area contributed by atoms with Crippen molar-refractivity contribution in [2.45, 2.75) is 92.9 Å². The molecule has 0 aliphatic heterocycles. The van der Waals surface area contributed by atoms with Gasteiger partial charge in [0.05, 0.1) is 44.5 Å². The molecule has 1 N–H and O–H groups in total. The van der Waals surface area contributed by atoms with Crippen molar-refractivity contribution in [2.24, 2.45) is 0 Å². The number of aryl methyl sites for hydroxylation is 2. The molecule has 12 nitrogen and oxygen atoms in total. The van der Waals surface area contributed by atoms with Gasteiger partial charge in [0.25, 0.3) is 0 Å². The Morgan fingerprint density at radius 1 is 0.283 bits per heavy atom. The van der Waals surface area contributed by atoms with Crippen LogP contribution in [0.5, 0.6) is 0 Å². The summed E-state index contributed by atoms with van der Waals surface area (Å²) in [6, 6.07) is 103. The lowest BCUT2D eigenvalue weighted by Gasteiger charge is -2.23. The zero-order valence-electron chi connectivity index (χ0n) is 65.0. The third-order valence-corrected chi connectivity index (χ3v) is 22.7. The van der Waals surface area contributed by atoms with Gasteiger partial charge in [-0.3, -0.25) is 18.3 Å². The van der Waals surface area contributed by atoms with E-state index in [0.29, 0.717) is 23.7 Å². The first-order chi connectivity index (χ1) is 55.2. The van der Waals surface area contributed by atoms with Gasteiger partial charge in [0.2, 0.25) is 0 Å². The number of hydrogen-bond donors (Lipinski definition) is 1. The standard InChI is InChI=1S/C50H42N6.C27H28BrN3.C23H15N3/c1-31(2)36-22-15-23-37(32(3)4)48(36)56-49(52-53-50(56)38-19-7-6-16-33(38)5)34-17-14-18-35(28-34)54-43-24-10-8-20-39(43)41-29-42-40-21-9-11-25-44(40)55(46(42)30-45(41)54)47-26-12-13-27-51-47;1-17(2)22-14-9-15-23(18(3)4)25(22)31-26(20-11-8-12-21(28)16-20)29-30-27(31)24-13-7-6-10-19(24)5;1-3-9-19-15(7-1)17-13-18-16-8-2-4-10-21(16)26(22(18)14-20(17)25-19)23-11-5-6-12-24-23/h6-32H,1-5H3;6-18H,1-5H3;1-14,25H. The van der Waals surface area contributed by atoms with Crippen molar-refractivity contribution in [3.8, 4) is 74.2 Å². The summed E-state index contributed by atoms with van der Waals surface area (Å²) < 4.78 is 12.6. The maximum absolute atomic E-state index is 5.03. The Labute approximate surface area is 665 Å². The van der Waals surface area contributed by atoms with Crippen LogP contribution in [-0.4, -0.2) is 58.2 Å². The van der Waals surface area contributed by atoms with E-state index in [0.717, 1.165) is 100 Å². The predicted octanol–water partition coefficient (Wildman–Crippen LogP) is 26.5. The van der Waals surface area contributed by atoms with E-state index in [1.807, 2.05) is 42.7 Å². The molecule has 13 heteroatoms. The lowest BCUT2D eigenvalue weighted by Crippen LogP contribution is -2.10. The van der Waals surface area contributed by atoms with E-state index in [9.17, 15) is 0 Å². The molecule has 20 rings (SSSR count). The van der Waals surface area contributed by atoms with E-state index in [1.54, 1.807) is 0 Å². The van der Waals surface area contributed by atoms with Crippen molar-refractivity contribution in [2.75, 3.05) is 0 Å². The summed E-state index contributed by atoms with van der Waals surface area (Å²) in [5.74, 6) is 6.57. The Bertz CT molecular complexity index is 6950. The normalized spacial score (nSPS) is 11.8. The first-order valence-electron chi connectivity index (χ1n) is 39.1. The van der Waals surface area contributed by atoms with Gasteiger partial charge in [0.15, 0.2) is 23.3 Å². The summed E-state index contributed by atoms with van der Waals surface area (Å²) in [6.45, 7) is 22.4. The molecule has 8 heterocycles. The van der Waals surface area contributed by atoms with Crippen LogP contribution in [0, 0.1) is 13.8 Å². The summed E-state index contributed by atoms with van der Waals surface area (Å²) in [7, 11) is 0. The van der Waals surface area contributed by atoms with E-state index < -0.39 is 0 Å². The van der Waals surface area contributed by atoms with E-state index in [4.69, 9.17) is 25.4 Å². The van der Waals surface area contributed by atoms with Crippen molar-refractivity contribution >= 4 is 103 Å². The van der Waals surface area contributed by atoms with Gasteiger partial charge in [0.1, 0.15) is 11.6 Å². The molecular weight excluding hydrogens is 1450 g/mol. The molecule has 0 radical (unpaired) electrons. The molecule has 0 aliphatic rings. The van der Waals surface area contributed by atoms with Crippen LogP contribution in [0.4, 0.5) is 0 Å². The van der Waals surface area contributed by atoms with E-state index in [-0.39, 0.29) is 0 Å². The number of para-hydroxylation sites is 6. The zero-order chi connectivity index (χ0) is 77.3. The lowest BCUT2D eigenvalue weighted by atomic mass is 9.92. The van der Waals surface area contributed by atoms with Gasteiger partial charge in [0, 0.05) is 98.9 Å². The summed E-state index contributed by atoms with van der Waals surface area (Å²) >= 11 is 3.62. The summed E-state index contributed by atoms with van der Waals surface area (Å²) in [5, 5.41) is 29.3. The number of aromatic nitrogens is 12. The minimum Gasteiger partial charge on any atom is -0.354 e. The van der Waals surface area contributed by atoms with Crippen LogP contribution in [-0.2, 0) is 0 Å². The van der Waals surface area contributed by atoms with Gasteiger partial charge in [-0.2, -0.15) is 0 Å². The molecule has 20 aromatic rings. The quantitative estimate of drug-likeness (QED) is 0.123. The van der Waals surface area contributed by atoms with Gasteiger partial charge >= 0.3 is 0 Å². The summed E-state index contributed by atoms with van der Waals surface area (Å²) in [6.07, 6.45) is 3.71. The fraction of sp³-hybridized carbons (Fsp3) is 0.140. The Morgan fingerprint density at radius 2 is 0.673 bits per heavy atom. The highest BCUT2D eigenvalue weighted by atomic mass is 79.9. The van der Waals surface area contributed by atoms with Crippen molar-refractivity contribution in [3.63, 3.8) is 0 Å². The molecule has 552 valence electrons. The van der Waals surface area contributed by atoms with E-state index >= 15 is 0 Å². The minimum atomic E-state index is 0.297. The minimum absolute atomic E-state index is 0.297. The maximum Gasteiger partial charge on any atom is 0.169 e. The number of halogens is 1. The third kappa shape index (κ3) is 12.7. The highest BCUT2D eigenvalue weighted by molar-refractivity contribution is 9.10. The predicted molar refractivity (Wildman–Crippen MR) is 472 cm³/mol. The van der Waals surface area contributed by atoms with Gasteiger partial charge < -0.3 is 9.55 Å². The monoisotopic (exact) mass is 1530 g/mol. The Hall–Kier alpha value is -13.1. The second-order valence-electron chi connectivity index (χ2n) is 30.7. The number of rotatable bonds is 13. The molecule has 0 unspecified atom stereocenters. The number of nitrogens with one attached hydrogen (secondary N) is 1. The zero-order valence-corrected chi connectivity index (χ0v) is 66.6. The van der Waals surface area contributed by atoms with Crippen LogP contribution < -0.4 is 0 Å². The molecule has 0 bridgehead atoms. The van der Waals surface area contributed by atoms with Crippen LogP contribution in [0.2, 0.25) is 0 Å². The molecule has 8 aromatic heterocycles. The van der Waals surface area contributed by atoms with E-state index in [2.05, 4.69) is 379 Å². The molecule has 0 atom stereocenters. The third-order valence-electron chi connectivity index (χ3n) is 22.2. The molecule has 12 aromatic carbocycles. The Kier molecular flexibility index (Phi) is 18.7. The van der Waals surface area contributed by atoms with Crippen molar-refractivity contribution < 1.29 is 0 Å². The fourth-order valence-electron chi connectivity index (χ4n) is 16.8. The molecule has 0 amide bonds. The number of fused-ring (bicyclic) bond motifs is 12.